The molecule has 0 fully saturated rings. The predicted molar refractivity (Wildman–Crippen MR) is 98.3 cm³/mol. The summed E-state index contributed by atoms with van der Waals surface area (Å²) >= 11 is 0. The lowest BCUT2D eigenvalue weighted by Crippen LogP contribution is -2.12. The van der Waals surface area contributed by atoms with Gasteiger partial charge >= 0.3 is 5.97 Å². The Kier molecular flexibility index (Phi) is 9.05. The fourth-order valence-corrected chi connectivity index (χ4v) is 2.07. The first kappa shape index (κ1) is 20.5. The van der Waals surface area contributed by atoms with Gasteiger partial charge in [-0.15, -0.1) is 5.73 Å². The molecule has 1 atom stereocenters. The zero-order valence-electron chi connectivity index (χ0n) is 15.2. The van der Waals surface area contributed by atoms with Crippen LogP contribution >= 0.6 is 0 Å². The predicted octanol–water partition coefficient (Wildman–Crippen LogP) is 4.40. The molecule has 0 heterocycles. The minimum Gasteiger partial charge on any atom is -0.494 e. The monoisotopic (exact) mass is 342 g/mol. The van der Waals surface area contributed by atoms with E-state index in [1.165, 1.54) is 6.08 Å². The average molecular weight is 342 g/mol. The number of Topliss-reactive ketones (excluding diaryl/α,β-unsaturated/α-hetero) is 1. The topological polar surface area (TPSA) is 52.6 Å². The van der Waals surface area contributed by atoms with Crippen molar-refractivity contribution in [2.75, 3.05) is 6.61 Å². The number of benzene rings is 1. The minimum atomic E-state index is -0.474. The Balaban J connectivity index is 2.53. The lowest BCUT2D eigenvalue weighted by Gasteiger charge is -2.08. The van der Waals surface area contributed by atoms with Gasteiger partial charge in [0, 0.05) is 17.6 Å². The first-order valence-electron chi connectivity index (χ1n) is 8.49. The molecule has 0 saturated carbocycles. The smallest absolute Gasteiger partial charge is 0.330 e. The molecule has 4 heteroatoms. The van der Waals surface area contributed by atoms with E-state index in [9.17, 15) is 9.59 Å². The van der Waals surface area contributed by atoms with Gasteiger partial charge in [0.2, 0.25) is 0 Å². The Morgan fingerprint density at radius 3 is 2.48 bits per heavy atom. The number of allylic oxidation sites excluding steroid dienone is 2. The van der Waals surface area contributed by atoms with Crippen LogP contribution in [0.3, 0.4) is 0 Å². The Morgan fingerprint density at radius 1 is 1.24 bits per heavy atom. The molecule has 1 unspecified atom stereocenters. The van der Waals surface area contributed by atoms with Gasteiger partial charge in [-0.2, -0.15) is 0 Å². The second-order valence-corrected chi connectivity index (χ2v) is 5.64. The van der Waals surface area contributed by atoms with Crippen molar-refractivity contribution in [3.63, 3.8) is 0 Å². The molecule has 0 bridgehead atoms. The van der Waals surface area contributed by atoms with Gasteiger partial charge in [-0.1, -0.05) is 38.6 Å². The number of carbonyl (C=O) groups excluding carboxylic acids is 2. The summed E-state index contributed by atoms with van der Waals surface area (Å²) < 4.78 is 10.7. The van der Waals surface area contributed by atoms with Gasteiger partial charge < -0.3 is 9.47 Å². The summed E-state index contributed by atoms with van der Waals surface area (Å²) in [7, 11) is 0. The van der Waals surface area contributed by atoms with Crippen LogP contribution in [0.2, 0.25) is 0 Å². The molecule has 0 spiro atoms. The van der Waals surface area contributed by atoms with E-state index in [4.69, 9.17) is 9.47 Å². The minimum absolute atomic E-state index is 0.0794. The van der Waals surface area contributed by atoms with Crippen LogP contribution in [0.15, 0.2) is 54.3 Å². The molecule has 0 aliphatic rings. The molecule has 0 aliphatic heterocycles. The maximum Gasteiger partial charge on any atom is 0.330 e. The lowest BCUT2D eigenvalue weighted by molar-refractivity contribution is -0.139. The van der Waals surface area contributed by atoms with Crippen molar-refractivity contribution in [2.45, 2.75) is 40.2 Å². The van der Waals surface area contributed by atoms with E-state index in [2.05, 4.69) is 12.3 Å². The molecule has 0 radical (unpaired) electrons. The van der Waals surface area contributed by atoms with Gasteiger partial charge in [-0.05, 0) is 37.5 Å². The number of hydrogen-bond acceptors (Lipinski definition) is 4. The highest BCUT2D eigenvalue weighted by Crippen LogP contribution is 2.14. The zero-order chi connectivity index (χ0) is 18.7. The summed E-state index contributed by atoms with van der Waals surface area (Å²) in [6.45, 7) is 9.92. The summed E-state index contributed by atoms with van der Waals surface area (Å²) in [4.78, 5) is 23.9. The average Bonchev–Trinajstić information content (AvgIpc) is 2.65. The van der Waals surface area contributed by atoms with E-state index < -0.39 is 5.97 Å². The van der Waals surface area contributed by atoms with E-state index in [0.29, 0.717) is 18.6 Å². The third-order valence-corrected chi connectivity index (χ3v) is 3.65. The van der Waals surface area contributed by atoms with Crippen LogP contribution in [-0.2, 0) is 20.9 Å². The largest absolute Gasteiger partial charge is 0.494 e. The second-order valence-electron chi connectivity index (χ2n) is 5.64. The Bertz CT molecular complexity index is 649. The highest BCUT2D eigenvalue weighted by atomic mass is 16.5. The molecular formula is C21H26O4. The zero-order valence-corrected chi connectivity index (χ0v) is 15.2. The normalized spacial score (nSPS) is 11.6. The molecule has 1 aromatic carbocycles. The van der Waals surface area contributed by atoms with Crippen LogP contribution in [0.5, 0.6) is 5.75 Å². The van der Waals surface area contributed by atoms with E-state index in [0.717, 1.165) is 17.7 Å². The molecule has 134 valence electrons. The summed E-state index contributed by atoms with van der Waals surface area (Å²) in [6.07, 6.45) is 4.43. The molecule has 0 amide bonds. The molecular weight excluding hydrogens is 316 g/mol. The van der Waals surface area contributed by atoms with Gasteiger partial charge in [0.1, 0.15) is 12.4 Å². The van der Waals surface area contributed by atoms with Gasteiger partial charge in [0.15, 0.2) is 5.78 Å². The summed E-state index contributed by atoms with van der Waals surface area (Å²) in [5, 5.41) is 0. The van der Waals surface area contributed by atoms with Gasteiger partial charge in [-0.3, -0.25) is 4.79 Å². The van der Waals surface area contributed by atoms with E-state index in [-0.39, 0.29) is 18.3 Å². The Labute approximate surface area is 149 Å². The maximum atomic E-state index is 12.0. The molecule has 1 aromatic rings. The summed E-state index contributed by atoms with van der Waals surface area (Å²) in [6, 6.07) is 7.42. The van der Waals surface area contributed by atoms with Crippen LogP contribution < -0.4 is 4.74 Å². The molecule has 0 saturated heterocycles. The van der Waals surface area contributed by atoms with Crippen LogP contribution in [-0.4, -0.2) is 18.4 Å². The first-order chi connectivity index (χ1) is 12.0. The number of hydrogen-bond donors (Lipinski definition) is 0. The number of ether oxygens (including phenoxy) is 2. The molecule has 0 N–H and O–H groups in total. The molecule has 25 heavy (non-hydrogen) atoms. The van der Waals surface area contributed by atoms with Gasteiger partial charge in [0.25, 0.3) is 0 Å². The van der Waals surface area contributed by atoms with Crippen LogP contribution in [0.1, 0.15) is 39.2 Å². The van der Waals surface area contributed by atoms with Crippen LogP contribution in [0.4, 0.5) is 0 Å². The van der Waals surface area contributed by atoms with Crippen molar-refractivity contribution in [3.05, 3.63) is 59.9 Å². The summed E-state index contributed by atoms with van der Waals surface area (Å²) in [5.74, 6) is -0.120. The summed E-state index contributed by atoms with van der Waals surface area (Å²) in [5.41, 5.74) is 3.93. The number of rotatable bonds is 10. The van der Waals surface area contributed by atoms with Gasteiger partial charge in [-0.25, -0.2) is 4.79 Å². The van der Waals surface area contributed by atoms with Crippen molar-refractivity contribution in [2.24, 2.45) is 5.92 Å². The number of ketones is 1. The SMILES string of the molecule is C=C=C(C)C(=O)C(C=CC(=O)OCc1ccc(OCCC)cc1)CC. The quantitative estimate of drug-likeness (QED) is 0.359. The highest BCUT2D eigenvalue weighted by Gasteiger charge is 2.15. The standard InChI is InChI=1S/C21H26O4/c1-5-14-24-19-11-8-17(9-12-19)15-25-20(22)13-10-18(7-3)21(23)16(4)6-2/h8-13,18H,2,5,7,14-15H2,1,3-4H3. The van der Waals surface area contributed by atoms with Crippen molar-refractivity contribution in [1.29, 1.82) is 0 Å². The molecule has 0 aliphatic carbocycles. The van der Waals surface area contributed by atoms with Crippen molar-refractivity contribution < 1.29 is 19.1 Å². The fourth-order valence-electron chi connectivity index (χ4n) is 2.07. The van der Waals surface area contributed by atoms with E-state index in [1.807, 2.05) is 38.1 Å². The molecule has 0 aromatic heterocycles. The van der Waals surface area contributed by atoms with Crippen molar-refractivity contribution >= 4 is 11.8 Å². The van der Waals surface area contributed by atoms with Crippen molar-refractivity contribution in [3.8, 4) is 5.75 Å². The first-order valence-corrected chi connectivity index (χ1v) is 8.49. The highest BCUT2D eigenvalue weighted by molar-refractivity contribution is 5.98. The van der Waals surface area contributed by atoms with E-state index in [1.54, 1.807) is 13.0 Å². The molecule has 4 nitrogen and oxygen atoms in total. The van der Waals surface area contributed by atoms with Crippen LogP contribution in [0.25, 0.3) is 0 Å². The Morgan fingerprint density at radius 2 is 1.92 bits per heavy atom. The molecule has 1 rings (SSSR count). The fraction of sp³-hybridized carbons (Fsp3) is 0.381. The van der Waals surface area contributed by atoms with Gasteiger partial charge in [0.05, 0.1) is 6.61 Å². The Hall–Kier alpha value is -2.58. The third-order valence-electron chi connectivity index (χ3n) is 3.65. The van der Waals surface area contributed by atoms with Crippen LogP contribution in [0, 0.1) is 5.92 Å². The number of esters is 1. The third kappa shape index (κ3) is 7.23. The second kappa shape index (κ2) is 11.1. The van der Waals surface area contributed by atoms with E-state index >= 15 is 0 Å². The maximum absolute atomic E-state index is 12.0. The lowest BCUT2D eigenvalue weighted by atomic mass is 9.96. The number of carbonyl (C=O) groups is 2. The van der Waals surface area contributed by atoms with Crippen molar-refractivity contribution in [1.82, 2.24) is 0 Å².